The first kappa shape index (κ1) is 15.1. The normalized spacial score (nSPS) is 13.0. The zero-order valence-corrected chi connectivity index (χ0v) is 12.3. The number of nitrogens with one attached hydrogen (secondary N) is 1. The van der Waals surface area contributed by atoms with Crippen LogP contribution in [0.3, 0.4) is 0 Å². The van der Waals surface area contributed by atoms with Crippen molar-refractivity contribution in [1.29, 1.82) is 0 Å². The van der Waals surface area contributed by atoms with Crippen molar-refractivity contribution in [2.75, 3.05) is 0 Å². The van der Waals surface area contributed by atoms with E-state index < -0.39 is 0 Å². The number of hydrazone groups is 1. The summed E-state index contributed by atoms with van der Waals surface area (Å²) in [6.07, 6.45) is 5.59. The highest BCUT2D eigenvalue weighted by Crippen LogP contribution is 2.11. The lowest BCUT2D eigenvalue weighted by atomic mass is 10.0. The predicted octanol–water partition coefficient (Wildman–Crippen LogP) is 0.737. The quantitative estimate of drug-likeness (QED) is 0.627. The molecule has 0 fully saturated rings. The van der Waals surface area contributed by atoms with Crippen LogP contribution in [-0.2, 0) is 4.79 Å². The Morgan fingerprint density at radius 2 is 2.14 bits per heavy atom. The van der Waals surface area contributed by atoms with Crippen LogP contribution in [0.2, 0.25) is 0 Å². The first-order valence-electron chi connectivity index (χ1n) is 6.93. The third kappa shape index (κ3) is 4.06. The van der Waals surface area contributed by atoms with Crippen LogP contribution in [-0.4, -0.2) is 28.1 Å². The van der Waals surface area contributed by atoms with Gasteiger partial charge in [0.05, 0.1) is 17.2 Å². The van der Waals surface area contributed by atoms with Crippen molar-refractivity contribution in [2.24, 2.45) is 11.0 Å². The lowest BCUT2D eigenvalue weighted by molar-refractivity contribution is -0.406. The molecule has 2 rings (SSSR count). The Morgan fingerprint density at radius 1 is 1.38 bits per heavy atom. The molecule has 0 bridgehead atoms. The predicted molar refractivity (Wildman–Crippen MR) is 81.4 cm³/mol. The van der Waals surface area contributed by atoms with Crippen LogP contribution in [0.1, 0.15) is 25.8 Å². The fourth-order valence-electron chi connectivity index (χ4n) is 2.05. The summed E-state index contributed by atoms with van der Waals surface area (Å²) in [6, 6.07) is 5.34. The molecule has 0 saturated carbocycles. The Bertz CT molecular complexity index is 648. The van der Waals surface area contributed by atoms with Crippen LogP contribution in [0.15, 0.2) is 35.7 Å². The number of fused-ring (bicyclic) bond motifs is 1. The van der Waals surface area contributed by atoms with E-state index in [-0.39, 0.29) is 11.9 Å². The van der Waals surface area contributed by atoms with E-state index in [2.05, 4.69) is 40.1 Å². The third-order valence-electron chi connectivity index (χ3n) is 3.03. The average molecular weight is 286 g/mol. The molecular weight excluding hydrogens is 266 g/mol. The molecule has 0 aliphatic carbocycles. The molecule has 1 aromatic heterocycles. The number of para-hydroxylation sites is 1. The van der Waals surface area contributed by atoms with E-state index in [4.69, 9.17) is 0 Å². The number of amides is 1. The molecule has 110 valence electrons. The van der Waals surface area contributed by atoms with Gasteiger partial charge in [-0.2, -0.15) is 5.10 Å². The highest BCUT2D eigenvalue weighted by atomic mass is 16.2. The number of aromatic nitrogens is 2. The number of carbonyl (C=O) groups excluding carboxylic acids is 1. The molecule has 1 aromatic carbocycles. The SMILES string of the molecule is CC(C)CC([NH3+])C(=O)NN=Cc1cccc2nccnc12. The van der Waals surface area contributed by atoms with E-state index in [1.54, 1.807) is 18.6 Å². The van der Waals surface area contributed by atoms with Crippen molar-refractivity contribution in [3.05, 3.63) is 36.2 Å². The Kier molecular flexibility index (Phi) is 4.94. The Balaban J connectivity index is 2.05. The van der Waals surface area contributed by atoms with E-state index in [1.165, 1.54) is 0 Å². The zero-order valence-electron chi connectivity index (χ0n) is 12.3. The van der Waals surface area contributed by atoms with Gasteiger partial charge in [0.25, 0.3) is 5.91 Å². The highest BCUT2D eigenvalue weighted by molar-refractivity contribution is 5.96. The van der Waals surface area contributed by atoms with E-state index in [0.717, 1.165) is 23.0 Å². The standard InChI is InChI=1S/C15H19N5O/c1-10(2)8-12(16)15(21)20-19-9-11-4-3-5-13-14(11)18-7-6-17-13/h3-7,9-10,12H,8,16H2,1-2H3,(H,20,21)/p+1. The number of rotatable bonds is 5. The molecule has 1 atom stereocenters. The van der Waals surface area contributed by atoms with Gasteiger partial charge in [0.15, 0.2) is 6.04 Å². The monoisotopic (exact) mass is 286 g/mol. The molecule has 6 heteroatoms. The fraction of sp³-hybridized carbons (Fsp3) is 0.333. The van der Waals surface area contributed by atoms with Gasteiger partial charge >= 0.3 is 0 Å². The van der Waals surface area contributed by atoms with Gasteiger partial charge in [-0.25, -0.2) is 5.43 Å². The van der Waals surface area contributed by atoms with Gasteiger partial charge < -0.3 is 5.73 Å². The molecule has 6 nitrogen and oxygen atoms in total. The summed E-state index contributed by atoms with van der Waals surface area (Å²) in [6.45, 7) is 4.12. The second kappa shape index (κ2) is 6.90. The second-order valence-corrected chi connectivity index (χ2v) is 5.33. The van der Waals surface area contributed by atoms with E-state index in [1.807, 2.05) is 18.2 Å². The number of carbonyl (C=O) groups is 1. The summed E-state index contributed by atoms with van der Waals surface area (Å²) in [4.78, 5) is 20.3. The van der Waals surface area contributed by atoms with Crippen molar-refractivity contribution in [2.45, 2.75) is 26.3 Å². The lowest BCUT2D eigenvalue weighted by Gasteiger charge is -2.08. The number of hydrogen-bond acceptors (Lipinski definition) is 4. The van der Waals surface area contributed by atoms with Crippen LogP contribution in [0, 0.1) is 5.92 Å². The van der Waals surface area contributed by atoms with Gasteiger partial charge in [0, 0.05) is 24.4 Å². The van der Waals surface area contributed by atoms with Crippen molar-refractivity contribution >= 4 is 23.2 Å². The van der Waals surface area contributed by atoms with Gasteiger partial charge in [-0.15, -0.1) is 0 Å². The summed E-state index contributed by atoms with van der Waals surface area (Å²) in [5.41, 5.74) is 8.73. The third-order valence-corrected chi connectivity index (χ3v) is 3.03. The maximum Gasteiger partial charge on any atom is 0.298 e. The minimum absolute atomic E-state index is 0.175. The maximum atomic E-state index is 11.8. The van der Waals surface area contributed by atoms with Crippen LogP contribution in [0.5, 0.6) is 0 Å². The molecular formula is C15H20N5O+. The van der Waals surface area contributed by atoms with Crippen molar-refractivity contribution in [1.82, 2.24) is 15.4 Å². The van der Waals surface area contributed by atoms with Gasteiger partial charge in [0.1, 0.15) is 0 Å². The van der Waals surface area contributed by atoms with Crippen LogP contribution in [0.4, 0.5) is 0 Å². The van der Waals surface area contributed by atoms with Crippen LogP contribution >= 0.6 is 0 Å². The Morgan fingerprint density at radius 3 is 2.90 bits per heavy atom. The Labute approximate surface area is 123 Å². The molecule has 0 spiro atoms. The minimum Gasteiger partial charge on any atom is -0.347 e. The lowest BCUT2D eigenvalue weighted by Crippen LogP contribution is -2.67. The number of benzene rings is 1. The average Bonchev–Trinajstić information content (AvgIpc) is 2.46. The molecule has 0 radical (unpaired) electrons. The van der Waals surface area contributed by atoms with E-state index >= 15 is 0 Å². The van der Waals surface area contributed by atoms with Crippen molar-refractivity contribution < 1.29 is 10.5 Å². The van der Waals surface area contributed by atoms with Gasteiger partial charge in [-0.1, -0.05) is 26.0 Å². The van der Waals surface area contributed by atoms with E-state index in [0.29, 0.717) is 5.92 Å². The van der Waals surface area contributed by atoms with E-state index in [9.17, 15) is 4.79 Å². The smallest absolute Gasteiger partial charge is 0.298 e. The number of quaternary nitrogens is 1. The molecule has 0 aliphatic heterocycles. The molecule has 1 heterocycles. The van der Waals surface area contributed by atoms with Crippen molar-refractivity contribution in [3.63, 3.8) is 0 Å². The molecule has 4 N–H and O–H groups in total. The second-order valence-electron chi connectivity index (χ2n) is 5.33. The molecule has 0 aliphatic rings. The van der Waals surface area contributed by atoms with Crippen molar-refractivity contribution in [3.8, 4) is 0 Å². The highest BCUT2D eigenvalue weighted by Gasteiger charge is 2.17. The fourth-order valence-corrected chi connectivity index (χ4v) is 2.05. The first-order chi connectivity index (χ1) is 10.1. The number of nitrogens with zero attached hydrogens (tertiary/aromatic N) is 3. The van der Waals surface area contributed by atoms with Crippen LogP contribution in [0.25, 0.3) is 11.0 Å². The first-order valence-corrected chi connectivity index (χ1v) is 6.93. The molecule has 0 saturated heterocycles. The summed E-state index contributed by atoms with van der Waals surface area (Å²) >= 11 is 0. The minimum atomic E-state index is -0.297. The summed E-state index contributed by atoms with van der Waals surface area (Å²) < 4.78 is 0. The topological polar surface area (TPSA) is 94.9 Å². The summed E-state index contributed by atoms with van der Waals surface area (Å²) in [5, 5.41) is 3.99. The molecule has 1 amide bonds. The largest absolute Gasteiger partial charge is 0.347 e. The van der Waals surface area contributed by atoms with Gasteiger partial charge in [-0.05, 0) is 12.0 Å². The summed E-state index contributed by atoms with van der Waals surface area (Å²) in [5.74, 6) is 0.252. The zero-order chi connectivity index (χ0) is 15.2. The van der Waals surface area contributed by atoms with Gasteiger partial charge in [-0.3, -0.25) is 14.8 Å². The molecule has 1 unspecified atom stereocenters. The summed E-state index contributed by atoms with van der Waals surface area (Å²) in [7, 11) is 0. The molecule has 2 aromatic rings. The molecule has 21 heavy (non-hydrogen) atoms. The van der Waals surface area contributed by atoms with Gasteiger partial charge in [0.2, 0.25) is 0 Å². The number of hydrogen-bond donors (Lipinski definition) is 2. The maximum absolute atomic E-state index is 11.8. The Hall–Kier alpha value is -2.34. The van der Waals surface area contributed by atoms with Crippen LogP contribution < -0.4 is 11.2 Å².